The van der Waals surface area contributed by atoms with Crippen LogP contribution in [-0.2, 0) is 101 Å². The van der Waals surface area contributed by atoms with E-state index in [4.69, 9.17) is 0 Å². The van der Waals surface area contributed by atoms with E-state index in [9.17, 15) is 130 Å². The van der Waals surface area contributed by atoms with Crippen molar-refractivity contribution < 1.29 is 130 Å². The summed E-state index contributed by atoms with van der Waals surface area (Å²) in [7, 11) is -90.6. The van der Waals surface area contributed by atoms with Crippen molar-refractivity contribution in [3.8, 4) is 0 Å². The zero-order chi connectivity index (χ0) is 48.5. The third kappa shape index (κ3) is 11.1. The van der Waals surface area contributed by atoms with E-state index in [1.165, 1.54) is 0 Å². The molecule has 0 saturated carbocycles. The van der Waals surface area contributed by atoms with Crippen LogP contribution in [0.15, 0.2) is 0 Å². The van der Waals surface area contributed by atoms with Crippen LogP contribution in [0.3, 0.4) is 0 Å². The second-order valence-corrected chi connectivity index (χ2v) is 30.0. The van der Waals surface area contributed by atoms with Crippen LogP contribution < -0.4 is 0 Å². The van der Waals surface area contributed by atoms with Gasteiger partial charge < -0.3 is 0 Å². The van der Waals surface area contributed by atoms with Gasteiger partial charge in [-0.2, -0.15) is 84.2 Å². The zero-order valence-electron chi connectivity index (χ0n) is 30.2. The Morgan fingerprint density at radius 1 is 0.328 bits per heavy atom. The summed E-state index contributed by atoms with van der Waals surface area (Å²) in [6.07, 6.45) is 2.00. The van der Waals surface area contributed by atoms with Crippen LogP contribution in [-0.4, -0.2) is 180 Å². The number of rotatable bonds is 28. The van der Waals surface area contributed by atoms with Gasteiger partial charge in [0.1, 0.15) is 5.25 Å². The third-order valence-electron chi connectivity index (χ3n) is 8.89. The van der Waals surface area contributed by atoms with Crippen molar-refractivity contribution >= 4 is 131 Å². The van der Waals surface area contributed by atoms with Crippen LogP contribution in [0.2, 0.25) is 0 Å². The fourth-order valence-corrected chi connectivity index (χ4v) is 32.4. The van der Waals surface area contributed by atoms with Gasteiger partial charge in [0.2, 0.25) is 0 Å². The van der Waals surface area contributed by atoms with Gasteiger partial charge in [0, 0.05) is 0 Å². The molecule has 0 bridgehead atoms. The summed E-state index contributed by atoms with van der Waals surface area (Å²) in [5.41, 5.74) is 0. The molecule has 0 aromatic rings. The van der Waals surface area contributed by atoms with Gasteiger partial charge in [-0.15, -0.1) is 0 Å². The second-order valence-electron chi connectivity index (χ2n) is 12.8. The Kier molecular flexibility index (Phi) is 21.3. The van der Waals surface area contributed by atoms with Gasteiger partial charge in [-0.1, -0.05) is 90.4 Å². The summed E-state index contributed by atoms with van der Waals surface area (Å²) in [5, 5.41) is -5.34. The normalized spacial score (nSPS) is 15.9. The van der Waals surface area contributed by atoms with Crippen LogP contribution in [0.1, 0.15) is 96.8 Å². The maximum atomic E-state index is 13.4. The van der Waals surface area contributed by atoms with Gasteiger partial charge in [-0.05, 0) is 6.42 Å². The van der Waals surface area contributed by atoms with Crippen molar-refractivity contribution in [2.75, 3.05) is 0 Å². The van der Waals surface area contributed by atoms with Crippen LogP contribution in [0.4, 0.5) is 0 Å². The molecule has 0 heterocycles. The average Bonchev–Trinajstić information content (AvgIpc) is 2.93. The summed E-state index contributed by atoms with van der Waals surface area (Å²) < 4.78 is 330. The van der Waals surface area contributed by atoms with E-state index >= 15 is 0 Å². The molecule has 61 heavy (non-hydrogen) atoms. The fraction of sp³-hybridized carbons (Fsp3) is 1.00. The van der Waals surface area contributed by atoms with Crippen LogP contribution in [0.25, 0.3) is 0 Å². The van der Waals surface area contributed by atoms with Crippen molar-refractivity contribution in [3.05, 3.63) is 0 Å². The van der Waals surface area contributed by atoms with Crippen LogP contribution in [0.5, 0.6) is 0 Å². The zero-order valence-corrected chi connectivity index (χ0v) is 38.4. The van der Waals surface area contributed by atoms with Crippen LogP contribution in [0, 0.1) is 0 Å². The number of hydrogen-bond acceptors (Lipinski definition) is 20. The Morgan fingerprint density at radius 3 is 0.738 bits per heavy atom. The van der Waals surface area contributed by atoms with E-state index in [1.807, 2.05) is 6.92 Å². The van der Waals surface area contributed by atoms with Crippen molar-refractivity contribution in [1.29, 1.82) is 0 Å². The van der Waals surface area contributed by atoms with E-state index in [0.29, 0.717) is 19.3 Å². The van der Waals surface area contributed by atoms with E-state index in [-0.39, 0.29) is 42.4 Å². The molecule has 0 amide bonds. The Bertz CT molecular complexity index is 2550. The summed E-state index contributed by atoms with van der Waals surface area (Å²) in [4.78, 5) is 0. The molecule has 1 unspecified atom stereocenters. The molecule has 0 radical (unpaired) electrons. The van der Waals surface area contributed by atoms with E-state index < -0.39 is 141 Å². The van der Waals surface area contributed by atoms with Gasteiger partial charge in [-0.3, -0.25) is 45.5 Å². The third-order valence-corrected chi connectivity index (χ3v) is 30.9. The van der Waals surface area contributed by atoms with Crippen molar-refractivity contribution in [1.82, 2.24) is 0 Å². The average molecular weight is 1110 g/mol. The maximum absolute atomic E-state index is 13.4. The first kappa shape index (κ1) is 63.2. The molecule has 0 rings (SSSR count). The first-order chi connectivity index (χ1) is 26.2. The first-order valence-corrected chi connectivity index (χ1v) is 30.3. The fourth-order valence-electron chi connectivity index (χ4n) is 6.86. The van der Waals surface area contributed by atoms with Gasteiger partial charge in [-0.25, -0.2) is 0 Å². The molecule has 0 aromatic carbocycles. The summed E-state index contributed by atoms with van der Waals surface area (Å²) in [6, 6.07) is 0. The van der Waals surface area contributed by atoms with Gasteiger partial charge in [0.05, 0.1) is 0 Å². The second kappa shape index (κ2) is 20.5. The Labute approximate surface area is 374 Å². The molecule has 0 aliphatic carbocycles. The molecule has 0 spiro atoms. The van der Waals surface area contributed by atoms with Gasteiger partial charge >= 0.3 is 71.5 Å². The molecule has 0 saturated heterocycles. The molecule has 0 fully saturated rings. The van der Waals surface area contributed by atoms with E-state index in [1.54, 1.807) is 0 Å². The molecule has 364 valence electrons. The monoisotopic (exact) mass is 1110 g/mol. The van der Waals surface area contributed by atoms with Gasteiger partial charge in [0.15, 0.2) is 0 Å². The molecular weight excluding hydrogens is 1060 g/mol. The quantitative estimate of drug-likeness (QED) is 0.0226. The minimum absolute atomic E-state index is 0. The first-order valence-electron chi connectivity index (χ1n) is 15.9. The van der Waals surface area contributed by atoms with E-state index in [0.717, 1.165) is 38.5 Å². The SMILES string of the molecule is CCCCCCCCCCCCCCCC(C(C(C(C(S(=O)(=O)O)(S(=O)(=O)O)S(=O)(=O)O)(S(=O)(=O)O)S(=O)(=O)O)(S(=O)(=O)O)S(=O)(=O)O)(S(=O)(=O)O)S(=O)(=O)O)S(=O)(=O)O.[NaH]. The van der Waals surface area contributed by atoms with Crippen molar-refractivity contribution in [2.45, 2.75) is 118 Å². The molecule has 1 atom stereocenters. The number of unbranched alkanes of at least 4 members (excludes halogenated alkanes) is 12. The van der Waals surface area contributed by atoms with Crippen LogP contribution >= 0.6 is 0 Å². The predicted octanol–water partition coefficient (Wildman–Crippen LogP) is -2.19. The Balaban J connectivity index is 0. The van der Waals surface area contributed by atoms with Crippen molar-refractivity contribution in [3.63, 3.8) is 0 Å². The molecule has 41 heteroatoms. The molecule has 0 aliphatic heterocycles. The summed E-state index contributed by atoms with van der Waals surface area (Å²) in [5.74, 6) is 0. The molecule has 10 N–H and O–H groups in total. The molecular formula is C20H43NaO30S10. The minimum atomic E-state index is -9.51. The number of hydrogen-bond donors (Lipinski definition) is 10. The predicted molar refractivity (Wildman–Crippen MR) is 208 cm³/mol. The molecule has 0 aliphatic rings. The standard InChI is InChI=1S/C20H42O30S10.Na.H/c1-2-3-4-5-6-7-8-9-10-11-12-13-14-15-16(51(21,22)23)17(52(24,25)26,53(27,28)29)18(54(30,31)32,55(33,34)35)19(56(36,37)38,57(39,40)41)20(58(42,43)44,59(45,46)47)60(48,49)50;;/h16H,2-15H2,1H3,(H,21,22,23)(H,24,25,26)(H,27,28,29)(H,30,31,32)(H,33,34,35)(H,36,37,38)(H,39,40,41)(H,42,43,44)(H,45,46,47)(H,48,49,50);;. The van der Waals surface area contributed by atoms with E-state index in [2.05, 4.69) is 0 Å². The van der Waals surface area contributed by atoms with Crippen molar-refractivity contribution in [2.24, 2.45) is 0 Å². The summed E-state index contributed by atoms with van der Waals surface area (Å²) >= 11 is 0. The molecule has 30 nitrogen and oxygen atoms in total. The summed E-state index contributed by atoms with van der Waals surface area (Å²) in [6.45, 7) is 1.99. The Morgan fingerprint density at radius 2 is 0.557 bits per heavy atom. The Hall–Kier alpha value is 0.1000. The van der Waals surface area contributed by atoms with Gasteiger partial charge in [0.25, 0.3) is 74.9 Å². The molecule has 0 aromatic heterocycles. The topological polar surface area (TPSA) is 544 Å².